The molecule has 0 fully saturated rings. The van der Waals surface area contributed by atoms with Gasteiger partial charge in [0.05, 0.1) is 5.39 Å². The van der Waals surface area contributed by atoms with Crippen LogP contribution in [0.15, 0.2) is 35.7 Å². The summed E-state index contributed by atoms with van der Waals surface area (Å²) in [6.45, 7) is 2.79. The molecule has 0 unspecified atom stereocenters. The van der Waals surface area contributed by atoms with E-state index in [0.29, 0.717) is 11.8 Å². The smallest absolute Gasteiger partial charge is 0.232 e. The number of hydrogen-bond acceptors (Lipinski definition) is 5. The molecular weight excluding hydrogens is 385 g/mol. The molecule has 2 heterocycles. The average Bonchev–Trinajstić information content (AvgIpc) is 2.90. The average molecular weight is 397 g/mol. The van der Waals surface area contributed by atoms with Gasteiger partial charge in [-0.25, -0.2) is 4.98 Å². The van der Waals surface area contributed by atoms with Crippen molar-refractivity contribution in [3.8, 4) is 11.6 Å². The van der Waals surface area contributed by atoms with Crippen molar-refractivity contribution in [2.24, 2.45) is 0 Å². The van der Waals surface area contributed by atoms with Crippen LogP contribution in [0.5, 0.6) is 11.6 Å². The zero-order valence-corrected chi connectivity index (χ0v) is 13.7. The summed E-state index contributed by atoms with van der Waals surface area (Å²) in [5.41, 5.74) is 0. The molecule has 6 heteroatoms. The summed E-state index contributed by atoms with van der Waals surface area (Å²) in [5.74, 6) is 1.97. The number of nitrogens with zero attached hydrogens (tertiary/aromatic N) is 2. The van der Waals surface area contributed by atoms with Gasteiger partial charge in [0.15, 0.2) is 0 Å². The highest BCUT2D eigenvalue weighted by Crippen LogP contribution is 2.31. The standard InChI is InChI=1S/C14H12IN3OS/c1-2-16-14-17-12(11-7-8-20-13(11)18-14)19-10-5-3-9(15)4-6-10/h3-8H,2H2,1H3,(H,16,17,18). The van der Waals surface area contributed by atoms with E-state index in [9.17, 15) is 0 Å². The second kappa shape index (κ2) is 5.92. The van der Waals surface area contributed by atoms with Crippen LogP contribution in [0.3, 0.4) is 0 Å². The Morgan fingerprint density at radius 2 is 2.00 bits per heavy atom. The fraction of sp³-hybridized carbons (Fsp3) is 0.143. The maximum Gasteiger partial charge on any atom is 0.232 e. The van der Waals surface area contributed by atoms with Gasteiger partial charge < -0.3 is 10.1 Å². The highest BCUT2D eigenvalue weighted by molar-refractivity contribution is 14.1. The van der Waals surface area contributed by atoms with Crippen molar-refractivity contribution < 1.29 is 4.74 Å². The van der Waals surface area contributed by atoms with Crippen LogP contribution in [0, 0.1) is 3.57 Å². The van der Waals surface area contributed by atoms with E-state index in [-0.39, 0.29) is 0 Å². The van der Waals surface area contributed by atoms with Crippen LogP contribution in [0.1, 0.15) is 6.92 Å². The van der Waals surface area contributed by atoms with Crippen LogP contribution < -0.4 is 10.1 Å². The Morgan fingerprint density at radius 3 is 2.75 bits per heavy atom. The number of anilines is 1. The van der Waals surface area contributed by atoms with Crippen molar-refractivity contribution in [1.82, 2.24) is 9.97 Å². The van der Waals surface area contributed by atoms with Crippen LogP contribution in [0.25, 0.3) is 10.2 Å². The van der Waals surface area contributed by atoms with Gasteiger partial charge in [-0.15, -0.1) is 11.3 Å². The van der Waals surface area contributed by atoms with Gasteiger partial charge in [-0.3, -0.25) is 0 Å². The molecule has 2 aromatic heterocycles. The summed E-state index contributed by atoms with van der Waals surface area (Å²) < 4.78 is 7.08. The van der Waals surface area contributed by atoms with Crippen molar-refractivity contribution in [3.05, 3.63) is 39.3 Å². The van der Waals surface area contributed by atoms with E-state index in [1.54, 1.807) is 11.3 Å². The Hall–Kier alpha value is -1.41. The minimum atomic E-state index is 0.591. The SMILES string of the molecule is CCNc1nc(Oc2ccc(I)cc2)c2ccsc2n1. The molecule has 0 aliphatic rings. The minimum Gasteiger partial charge on any atom is -0.438 e. The lowest BCUT2D eigenvalue weighted by atomic mass is 10.3. The maximum atomic E-state index is 5.90. The quantitative estimate of drug-likeness (QED) is 0.658. The molecule has 0 spiro atoms. The molecule has 3 rings (SSSR count). The highest BCUT2D eigenvalue weighted by atomic mass is 127. The number of halogens is 1. The minimum absolute atomic E-state index is 0.591. The lowest BCUT2D eigenvalue weighted by Crippen LogP contribution is -2.02. The van der Waals surface area contributed by atoms with E-state index in [4.69, 9.17) is 4.74 Å². The summed E-state index contributed by atoms with van der Waals surface area (Å²) in [4.78, 5) is 9.82. The molecule has 1 N–H and O–H groups in total. The molecule has 1 aromatic carbocycles. The molecule has 0 aliphatic heterocycles. The van der Waals surface area contributed by atoms with Gasteiger partial charge in [-0.05, 0) is 65.2 Å². The van der Waals surface area contributed by atoms with Gasteiger partial charge in [0.2, 0.25) is 11.8 Å². The number of ether oxygens (including phenoxy) is 1. The predicted octanol–water partition coefficient (Wildman–Crippen LogP) is 4.52. The largest absolute Gasteiger partial charge is 0.438 e. The molecular formula is C14H12IN3OS. The third kappa shape index (κ3) is 2.85. The molecule has 0 saturated heterocycles. The Morgan fingerprint density at radius 1 is 1.20 bits per heavy atom. The van der Waals surface area contributed by atoms with Crippen molar-refractivity contribution in [2.45, 2.75) is 6.92 Å². The molecule has 0 atom stereocenters. The maximum absolute atomic E-state index is 5.90. The molecule has 20 heavy (non-hydrogen) atoms. The first kappa shape index (κ1) is 13.6. The zero-order chi connectivity index (χ0) is 13.9. The number of aromatic nitrogens is 2. The Bertz CT molecular complexity index is 727. The second-order valence-corrected chi connectivity index (χ2v) is 6.22. The Labute approximate surface area is 134 Å². The van der Waals surface area contributed by atoms with Gasteiger partial charge in [0.1, 0.15) is 10.6 Å². The first-order valence-electron chi connectivity index (χ1n) is 6.19. The summed E-state index contributed by atoms with van der Waals surface area (Å²) in [7, 11) is 0. The van der Waals surface area contributed by atoms with E-state index in [1.807, 2.05) is 42.6 Å². The molecule has 3 aromatic rings. The third-order valence-corrected chi connectivity index (χ3v) is 4.18. The zero-order valence-electron chi connectivity index (χ0n) is 10.8. The number of thiophene rings is 1. The number of nitrogens with one attached hydrogen (secondary N) is 1. The van der Waals surface area contributed by atoms with Crippen molar-refractivity contribution in [3.63, 3.8) is 0 Å². The first-order valence-corrected chi connectivity index (χ1v) is 8.14. The fourth-order valence-corrected chi connectivity index (χ4v) is 2.87. The number of benzene rings is 1. The Kier molecular flexibility index (Phi) is 4.02. The molecule has 0 bridgehead atoms. The van der Waals surface area contributed by atoms with E-state index in [2.05, 4.69) is 37.9 Å². The normalized spacial score (nSPS) is 10.7. The predicted molar refractivity (Wildman–Crippen MR) is 90.8 cm³/mol. The van der Waals surface area contributed by atoms with Crippen molar-refractivity contribution >= 4 is 50.1 Å². The van der Waals surface area contributed by atoms with Crippen LogP contribution in [0.4, 0.5) is 5.95 Å². The molecule has 0 amide bonds. The topological polar surface area (TPSA) is 47.0 Å². The van der Waals surface area contributed by atoms with E-state index >= 15 is 0 Å². The molecule has 0 saturated carbocycles. The number of rotatable bonds is 4. The van der Waals surface area contributed by atoms with Gasteiger partial charge >= 0.3 is 0 Å². The second-order valence-electron chi connectivity index (χ2n) is 4.08. The molecule has 0 radical (unpaired) electrons. The highest BCUT2D eigenvalue weighted by Gasteiger charge is 2.10. The summed E-state index contributed by atoms with van der Waals surface area (Å²) >= 11 is 3.85. The molecule has 0 aliphatic carbocycles. The van der Waals surface area contributed by atoms with E-state index in [0.717, 1.165) is 22.5 Å². The van der Waals surface area contributed by atoms with Crippen molar-refractivity contribution in [1.29, 1.82) is 0 Å². The van der Waals surface area contributed by atoms with Crippen LogP contribution in [-0.2, 0) is 0 Å². The molecule has 4 nitrogen and oxygen atoms in total. The lowest BCUT2D eigenvalue weighted by molar-refractivity contribution is 0.469. The van der Waals surface area contributed by atoms with Gasteiger partial charge in [0, 0.05) is 10.1 Å². The van der Waals surface area contributed by atoms with Gasteiger partial charge in [-0.2, -0.15) is 4.98 Å². The van der Waals surface area contributed by atoms with Gasteiger partial charge in [-0.1, -0.05) is 0 Å². The van der Waals surface area contributed by atoms with Gasteiger partial charge in [0.25, 0.3) is 0 Å². The number of hydrogen-bond donors (Lipinski definition) is 1. The number of fused-ring (bicyclic) bond motifs is 1. The summed E-state index contributed by atoms with van der Waals surface area (Å²) in [6, 6.07) is 9.88. The van der Waals surface area contributed by atoms with Crippen LogP contribution >= 0.6 is 33.9 Å². The fourth-order valence-electron chi connectivity index (χ4n) is 1.76. The van der Waals surface area contributed by atoms with Crippen LogP contribution in [-0.4, -0.2) is 16.5 Å². The van der Waals surface area contributed by atoms with E-state index in [1.165, 1.54) is 3.57 Å². The lowest BCUT2D eigenvalue weighted by Gasteiger charge is -2.08. The summed E-state index contributed by atoms with van der Waals surface area (Å²) in [5, 5.41) is 6.06. The third-order valence-electron chi connectivity index (χ3n) is 2.65. The Balaban J connectivity index is 2.00. The van der Waals surface area contributed by atoms with E-state index < -0.39 is 0 Å². The van der Waals surface area contributed by atoms with Crippen molar-refractivity contribution in [2.75, 3.05) is 11.9 Å². The monoisotopic (exact) mass is 397 g/mol. The van der Waals surface area contributed by atoms with Crippen LogP contribution in [0.2, 0.25) is 0 Å². The first-order chi connectivity index (χ1) is 9.76. The molecule has 102 valence electrons. The summed E-state index contributed by atoms with van der Waals surface area (Å²) in [6.07, 6.45) is 0.